The van der Waals surface area contributed by atoms with Crippen LogP contribution in [0.2, 0.25) is 0 Å². The molecule has 0 N–H and O–H groups in total. The van der Waals surface area contributed by atoms with Crippen molar-refractivity contribution in [3.05, 3.63) is 11.1 Å². The first-order valence-corrected chi connectivity index (χ1v) is 6.08. The van der Waals surface area contributed by atoms with Gasteiger partial charge in [0.1, 0.15) is 0 Å². The lowest BCUT2D eigenvalue weighted by molar-refractivity contribution is -0.412. The largest absolute Gasteiger partial charge is 0.352 e. The van der Waals surface area contributed by atoms with Crippen molar-refractivity contribution in [3.8, 4) is 0 Å². The number of ether oxygens (including phenoxy) is 1. The van der Waals surface area contributed by atoms with Crippen LogP contribution in [0.3, 0.4) is 0 Å². The van der Waals surface area contributed by atoms with Gasteiger partial charge in [0.25, 0.3) is 11.8 Å². The molecule has 0 saturated carbocycles. The number of nitrogens with zero attached hydrogens (tertiary/aromatic N) is 1. The summed E-state index contributed by atoms with van der Waals surface area (Å²) in [4.78, 5) is 35.1. The maximum Gasteiger partial charge on any atom is 0.257 e. The second-order valence-corrected chi connectivity index (χ2v) is 5.43. The minimum absolute atomic E-state index is 0.00106. The van der Waals surface area contributed by atoms with Gasteiger partial charge in [-0.25, -0.2) is 9.78 Å². The van der Waals surface area contributed by atoms with Crippen LogP contribution >= 0.6 is 0 Å². The molecule has 2 amide bonds. The molecule has 1 rings (SSSR count). The highest BCUT2D eigenvalue weighted by atomic mass is 17.2. The zero-order valence-corrected chi connectivity index (χ0v) is 12.3. The highest BCUT2D eigenvalue weighted by Crippen LogP contribution is 2.20. The van der Waals surface area contributed by atoms with E-state index in [-0.39, 0.29) is 18.4 Å². The van der Waals surface area contributed by atoms with Gasteiger partial charge in [-0.05, 0) is 34.6 Å². The lowest BCUT2D eigenvalue weighted by atomic mass is 10.2. The molecule has 1 aliphatic heterocycles. The Hall–Kier alpha value is -1.24. The van der Waals surface area contributed by atoms with Crippen LogP contribution in [0.5, 0.6) is 0 Å². The monoisotopic (exact) mass is 271 g/mol. The molecule has 0 fully saturated rings. The number of hydrogen-bond acceptors (Lipinski definition) is 5. The summed E-state index contributed by atoms with van der Waals surface area (Å²) in [5.41, 5.74) is 0.410. The molecular formula is C13H21NO5. The second-order valence-electron chi connectivity index (χ2n) is 5.43. The molecule has 0 radical (unpaired) electrons. The number of methoxy groups -OCH3 is 1. The van der Waals surface area contributed by atoms with Crippen molar-refractivity contribution < 1.29 is 24.1 Å². The van der Waals surface area contributed by atoms with E-state index in [2.05, 4.69) is 0 Å². The molecule has 1 aliphatic rings. The standard InChI is InChI=1S/C13H21NO5/c1-8-9(2)12(16)14(11(8)15)7-10(17-6)18-19-13(3,4)5/h10H,7H2,1-6H3. The predicted octanol–water partition coefficient (Wildman–Crippen LogP) is 1.41. The molecule has 1 atom stereocenters. The van der Waals surface area contributed by atoms with E-state index in [1.165, 1.54) is 7.11 Å². The van der Waals surface area contributed by atoms with Crippen LogP contribution in [-0.4, -0.2) is 42.3 Å². The van der Waals surface area contributed by atoms with Gasteiger partial charge in [0.15, 0.2) is 0 Å². The summed E-state index contributed by atoms with van der Waals surface area (Å²) < 4.78 is 5.06. The fraction of sp³-hybridized carbons (Fsp3) is 0.692. The fourth-order valence-electron chi connectivity index (χ4n) is 1.48. The van der Waals surface area contributed by atoms with Crippen LogP contribution in [-0.2, 0) is 24.1 Å². The van der Waals surface area contributed by atoms with Crippen LogP contribution < -0.4 is 0 Å². The lowest BCUT2D eigenvalue weighted by Gasteiger charge is -2.25. The minimum Gasteiger partial charge on any atom is -0.352 e. The first kappa shape index (κ1) is 15.8. The molecule has 6 nitrogen and oxygen atoms in total. The number of rotatable bonds is 5. The second kappa shape index (κ2) is 5.81. The minimum atomic E-state index is -0.814. The average Bonchev–Trinajstić information content (AvgIpc) is 2.50. The van der Waals surface area contributed by atoms with Crippen molar-refractivity contribution in [2.24, 2.45) is 0 Å². The maximum absolute atomic E-state index is 11.9. The van der Waals surface area contributed by atoms with Crippen LogP contribution in [0.1, 0.15) is 34.6 Å². The molecular weight excluding hydrogens is 250 g/mol. The molecule has 0 aromatic heterocycles. The molecule has 0 aromatic rings. The molecule has 0 spiro atoms. The molecule has 1 heterocycles. The number of imide groups is 1. The predicted molar refractivity (Wildman–Crippen MR) is 67.8 cm³/mol. The molecule has 6 heteroatoms. The van der Waals surface area contributed by atoms with Crippen molar-refractivity contribution in [1.29, 1.82) is 0 Å². The first-order valence-electron chi connectivity index (χ1n) is 6.08. The number of hydrogen-bond donors (Lipinski definition) is 0. The van der Waals surface area contributed by atoms with Gasteiger partial charge in [-0.15, -0.1) is 0 Å². The third-order valence-corrected chi connectivity index (χ3v) is 2.69. The van der Waals surface area contributed by atoms with Gasteiger partial charge in [0.2, 0.25) is 6.29 Å². The molecule has 0 aliphatic carbocycles. The smallest absolute Gasteiger partial charge is 0.257 e. The summed E-state index contributed by atoms with van der Waals surface area (Å²) in [6.45, 7) is 8.72. The summed E-state index contributed by atoms with van der Waals surface area (Å²) >= 11 is 0. The van der Waals surface area contributed by atoms with Gasteiger partial charge < -0.3 is 4.74 Å². The van der Waals surface area contributed by atoms with Gasteiger partial charge in [-0.1, -0.05) is 0 Å². The number of amides is 2. The molecule has 1 unspecified atom stereocenters. The Balaban J connectivity index is 2.63. The Morgan fingerprint density at radius 1 is 1.11 bits per heavy atom. The van der Waals surface area contributed by atoms with E-state index < -0.39 is 11.9 Å². The van der Waals surface area contributed by atoms with E-state index in [0.29, 0.717) is 11.1 Å². The van der Waals surface area contributed by atoms with Crippen LogP contribution in [0.15, 0.2) is 11.1 Å². The van der Waals surface area contributed by atoms with Crippen molar-refractivity contribution in [2.45, 2.75) is 46.5 Å². The van der Waals surface area contributed by atoms with E-state index in [0.717, 1.165) is 4.90 Å². The average molecular weight is 271 g/mol. The van der Waals surface area contributed by atoms with E-state index in [1.54, 1.807) is 13.8 Å². The topological polar surface area (TPSA) is 65.1 Å². The third-order valence-electron chi connectivity index (χ3n) is 2.69. The zero-order valence-electron chi connectivity index (χ0n) is 12.3. The highest BCUT2D eigenvalue weighted by molar-refractivity contribution is 6.18. The van der Waals surface area contributed by atoms with E-state index in [9.17, 15) is 9.59 Å². The maximum atomic E-state index is 11.9. The molecule has 0 aromatic carbocycles. The first-order chi connectivity index (χ1) is 8.67. The van der Waals surface area contributed by atoms with Crippen molar-refractivity contribution in [2.75, 3.05) is 13.7 Å². The zero-order chi connectivity index (χ0) is 14.8. The normalized spacial score (nSPS) is 18.5. The summed E-state index contributed by atoms with van der Waals surface area (Å²) in [5.74, 6) is -0.632. The van der Waals surface area contributed by atoms with Crippen molar-refractivity contribution in [3.63, 3.8) is 0 Å². The molecule has 19 heavy (non-hydrogen) atoms. The Labute approximate surface area is 113 Å². The Morgan fingerprint density at radius 3 is 1.95 bits per heavy atom. The Morgan fingerprint density at radius 2 is 1.58 bits per heavy atom. The summed E-state index contributed by atoms with van der Waals surface area (Å²) in [6, 6.07) is 0. The lowest BCUT2D eigenvalue weighted by Crippen LogP contribution is -2.40. The number of carbonyl (C=O) groups excluding carboxylic acids is 2. The van der Waals surface area contributed by atoms with Crippen molar-refractivity contribution in [1.82, 2.24) is 4.90 Å². The summed E-state index contributed by atoms with van der Waals surface area (Å²) in [6.07, 6.45) is -0.814. The van der Waals surface area contributed by atoms with Gasteiger partial charge >= 0.3 is 0 Å². The van der Waals surface area contributed by atoms with Gasteiger partial charge in [-0.2, -0.15) is 0 Å². The fourth-order valence-corrected chi connectivity index (χ4v) is 1.48. The van der Waals surface area contributed by atoms with Gasteiger partial charge in [-0.3, -0.25) is 14.5 Å². The summed E-state index contributed by atoms with van der Waals surface area (Å²) in [7, 11) is 1.43. The van der Waals surface area contributed by atoms with Crippen LogP contribution in [0.4, 0.5) is 0 Å². The van der Waals surface area contributed by atoms with Gasteiger partial charge in [0.05, 0.1) is 12.1 Å². The number of carbonyl (C=O) groups is 2. The third kappa shape index (κ3) is 3.86. The summed E-state index contributed by atoms with van der Waals surface area (Å²) in [5, 5.41) is 0. The van der Waals surface area contributed by atoms with Crippen LogP contribution in [0, 0.1) is 0 Å². The highest BCUT2D eigenvalue weighted by Gasteiger charge is 2.35. The Bertz CT molecular complexity index is 384. The Kier molecular flexibility index (Phi) is 4.84. The van der Waals surface area contributed by atoms with E-state index in [1.807, 2.05) is 20.8 Å². The SMILES string of the molecule is COC(CN1C(=O)C(C)=C(C)C1=O)OOC(C)(C)C. The molecule has 108 valence electrons. The quantitative estimate of drug-likeness (QED) is 0.327. The van der Waals surface area contributed by atoms with E-state index in [4.69, 9.17) is 14.5 Å². The van der Waals surface area contributed by atoms with Gasteiger partial charge in [0, 0.05) is 18.3 Å². The van der Waals surface area contributed by atoms with Crippen LogP contribution in [0.25, 0.3) is 0 Å². The van der Waals surface area contributed by atoms with Crippen molar-refractivity contribution >= 4 is 11.8 Å². The molecule has 0 saturated heterocycles. The molecule has 0 bridgehead atoms. The van der Waals surface area contributed by atoms with E-state index >= 15 is 0 Å².